The molecule has 0 heterocycles. The third kappa shape index (κ3) is 4.57. The summed E-state index contributed by atoms with van der Waals surface area (Å²) in [6.45, 7) is 12.4. The highest BCUT2D eigenvalue weighted by Crippen LogP contribution is 2.22. The van der Waals surface area contributed by atoms with E-state index in [9.17, 15) is 4.39 Å². The van der Waals surface area contributed by atoms with E-state index in [1.165, 1.54) is 6.07 Å². The molecular weight excluding hydrogens is 251 g/mol. The van der Waals surface area contributed by atoms with Gasteiger partial charge in [-0.15, -0.1) is 0 Å². The normalized spacial score (nSPS) is 13.5. The highest BCUT2D eigenvalue weighted by atomic mass is 19.1. The van der Waals surface area contributed by atoms with Crippen LogP contribution in [0.2, 0.25) is 0 Å². The Morgan fingerprint density at radius 2 is 1.75 bits per heavy atom. The van der Waals surface area contributed by atoms with Crippen LogP contribution in [0.25, 0.3) is 0 Å². The molecule has 1 atom stereocenters. The van der Waals surface area contributed by atoms with Gasteiger partial charge >= 0.3 is 0 Å². The molecule has 0 fully saturated rings. The monoisotopic (exact) mass is 280 g/mol. The molecule has 0 amide bonds. The lowest BCUT2D eigenvalue weighted by Crippen LogP contribution is -2.36. The second-order valence-corrected chi connectivity index (χ2v) is 6.35. The van der Waals surface area contributed by atoms with E-state index in [0.717, 1.165) is 17.7 Å². The standard InChI is InChI=1S/C17H29FN2/c1-11(2)16(12(3)4)10-20-17(9-19)15-7-6-14(18)8-13(15)5/h6-8,11-12,16-17,20H,9-10,19H2,1-5H3. The first-order valence-corrected chi connectivity index (χ1v) is 7.56. The number of hydrogen-bond donors (Lipinski definition) is 2. The fraction of sp³-hybridized carbons (Fsp3) is 0.647. The smallest absolute Gasteiger partial charge is 0.123 e. The number of hydrogen-bond acceptors (Lipinski definition) is 2. The van der Waals surface area contributed by atoms with Gasteiger partial charge in [0, 0.05) is 12.6 Å². The van der Waals surface area contributed by atoms with Crippen LogP contribution in [-0.2, 0) is 0 Å². The fourth-order valence-corrected chi connectivity index (χ4v) is 2.87. The second-order valence-electron chi connectivity index (χ2n) is 6.35. The molecule has 114 valence electrons. The van der Waals surface area contributed by atoms with Crippen molar-refractivity contribution in [3.05, 3.63) is 35.1 Å². The lowest BCUT2D eigenvalue weighted by atomic mass is 9.85. The minimum Gasteiger partial charge on any atom is -0.329 e. The lowest BCUT2D eigenvalue weighted by molar-refractivity contribution is 0.266. The zero-order valence-electron chi connectivity index (χ0n) is 13.4. The summed E-state index contributed by atoms with van der Waals surface area (Å²) in [4.78, 5) is 0. The van der Waals surface area contributed by atoms with Crippen molar-refractivity contribution in [2.75, 3.05) is 13.1 Å². The van der Waals surface area contributed by atoms with Gasteiger partial charge in [0.25, 0.3) is 0 Å². The molecule has 1 rings (SSSR count). The average molecular weight is 280 g/mol. The first-order valence-electron chi connectivity index (χ1n) is 7.56. The summed E-state index contributed by atoms with van der Waals surface area (Å²) in [5.74, 6) is 1.69. The van der Waals surface area contributed by atoms with Gasteiger partial charge in [-0.05, 0) is 54.5 Å². The van der Waals surface area contributed by atoms with E-state index in [-0.39, 0.29) is 11.9 Å². The van der Waals surface area contributed by atoms with Gasteiger partial charge in [-0.2, -0.15) is 0 Å². The van der Waals surface area contributed by atoms with Crippen molar-refractivity contribution in [3.8, 4) is 0 Å². The largest absolute Gasteiger partial charge is 0.329 e. The Hall–Kier alpha value is -0.930. The molecule has 3 heteroatoms. The zero-order valence-corrected chi connectivity index (χ0v) is 13.4. The summed E-state index contributed by atoms with van der Waals surface area (Å²) in [6, 6.07) is 5.02. The molecule has 20 heavy (non-hydrogen) atoms. The number of aryl methyl sites for hydroxylation is 1. The van der Waals surface area contributed by atoms with Crippen molar-refractivity contribution in [2.45, 2.75) is 40.7 Å². The predicted molar refractivity (Wildman–Crippen MR) is 84.1 cm³/mol. The molecule has 2 nitrogen and oxygen atoms in total. The molecular formula is C17H29FN2. The summed E-state index contributed by atoms with van der Waals surface area (Å²) >= 11 is 0. The van der Waals surface area contributed by atoms with Gasteiger partial charge < -0.3 is 11.1 Å². The second kappa shape index (κ2) is 7.75. The van der Waals surface area contributed by atoms with E-state index >= 15 is 0 Å². The van der Waals surface area contributed by atoms with Crippen molar-refractivity contribution in [1.29, 1.82) is 0 Å². The van der Waals surface area contributed by atoms with Crippen molar-refractivity contribution >= 4 is 0 Å². The van der Waals surface area contributed by atoms with Crippen LogP contribution in [-0.4, -0.2) is 13.1 Å². The molecule has 0 aliphatic carbocycles. The fourth-order valence-electron chi connectivity index (χ4n) is 2.87. The van der Waals surface area contributed by atoms with Gasteiger partial charge in [0.15, 0.2) is 0 Å². The molecule has 0 radical (unpaired) electrons. The van der Waals surface area contributed by atoms with Gasteiger partial charge in [0.2, 0.25) is 0 Å². The lowest BCUT2D eigenvalue weighted by Gasteiger charge is -2.28. The highest BCUT2D eigenvalue weighted by molar-refractivity contribution is 5.29. The summed E-state index contributed by atoms with van der Waals surface area (Å²) < 4.78 is 13.2. The number of benzene rings is 1. The van der Waals surface area contributed by atoms with Crippen LogP contribution in [0.5, 0.6) is 0 Å². The van der Waals surface area contributed by atoms with Crippen LogP contribution in [0.1, 0.15) is 44.9 Å². The van der Waals surface area contributed by atoms with E-state index in [4.69, 9.17) is 5.73 Å². The minimum atomic E-state index is -0.191. The quantitative estimate of drug-likeness (QED) is 0.800. The summed E-state index contributed by atoms with van der Waals surface area (Å²) in [5, 5.41) is 3.56. The zero-order chi connectivity index (χ0) is 15.3. The van der Waals surface area contributed by atoms with E-state index in [0.29, 0.717) is 24.3 Å². The minimum absolute atomic E-state index is 0.0931. The Bertz CT molecular complexity index is 407. The molecule has 0 spiro atoms. The van der Waals surface area contributed by atoms with Crippen LogP contribution >= 0.6 is 0 Å². The van der Waals surface area contributed by atoms with Gasteiger partial charge in [-0.1, -0.05) is 33.8 Å². The topological polar surface area (TPSA) is 38.0 Å². The first kappa shape index (κ1) is 17.1. The molecule has 0 aliphatic rings. The van der Waals surface area contributed by atoms with Crippen LogP contribution in [0, 0.1) is 30.5 Å². The Kier molecular flexibility index (Phi) is 6.63. The Labute approximate surface area is 123 Å². The maximum atomic E-state index is 13.2. The number of rotatable bonds is 7. The third-order valence-corrected chi connectivity index (χ3v) is 4.16. The predicted octanol–water partition coefficient (Wildman–Crippen LogP) is 3.65. The molecule has 0 aromatic heterocycles. The molecule has 0 aliphatic heterocycles. The Balaban J connectivity index is 2.76. The molecule has 0 saturated heterocycles. The molecule has 1 aromatic rings. The van der Waals surface area contributed by atoms with Crippen molar-refractivity contribution in [3.63, 3.8) is 0 Å². The summed E-state index contributed by atoms with van der Waals surface area (Å²) in [7, 11) is 0. The number of nitrogens with two attached hydrogens (primary N) is 1. The number of nitrogens with one attached hydrogen (secondary N) is 1. The first-order chi connectivity index (χ1) is 9.36. The molecule has 3 N–H and O–H groups in total. The van der Waals surface area contributed by atoms with E-state index in [1.54, 1.807) is 6.07 Å². The summed E-state index contributed by atoms with van der Waals surface area (Å²) in [5.41, 5.74) is 7.95. The maximum Gasteiger partial charge on any atom is 0.123 e. The van der Waals surface area contributed by atoms with Crippen LogP contribution in [0.3, 0.4) is 0 Å². The Morgan fingerprint density at radius 1 is 1.15 bits per heavy atom. The van der Waals surface area contributed by atoms with Gasteiger partial charge in [-0.25, -0.2) is 4.39 Å². The Morgan fingerprint density at radius 3 is 2.20 bits per heavy atom. The van der Waals surface area contributed by atoms with E-state index < -0.39 is 0 Å². The van der Waals surface area contributed by atoms with Crippen molar-refractivity contribution < 1.29 is 4.39 Å². The SMILES string of the molecule is Cc1cc(F)ccc1C(CN)NCC(C(C)C)C(C)C. The van der Waals surface area contributed by atoms with Gasteiger partial charge in [-0.3, -0.25) is 0 Å². The van der Waals surface area contributed by atoms with Crippen molar-refractivity contribution in [2.24, 2.45) is 23.5 Å². The number of halogens is 1. The highest BCUT2D eigenvalue weighted by Gasteiger charge is 2.20. The van der Waals surface area contributed by atoms with Gasteiger partial charge in [0.05, 0.1) is 0 Å². The molecule has 0 saturated carbocycles. The summed E-state index contributed by atoms with van der Waals surface area (Å²) in [6.07, 6.45) is 0. The molecule has 1 aromatic carbocycles. The maximum absolute atomic E-state index is 13.2. The van der Waals surface area contributed by atoms with E-state index in [2.05, 4.69) is 33.0 Å². The molecule has 0 bridgehead atoms. The van der Waals surface area contributed by atoms with Crippen LogP contribution in [0.4, 0.5) is 4.39 Å². The third-order valence-electron chi connectivity index (χ3n) is 4.16. The van der Waals surface area contributed by atoms with E-state index in [1.807, 2.05) is 13.0 Å². The van der Waals surface area contributed by atoms with Crippen LogP contribution < -0.4 is 11.1 Å². The van der Waals surface area contributed by atoms with Crippen LogP contribution in [0.15, 0.2) is 18.2 Å². The van der Waals surface area contributed by atoms with Crippen molar-refractivity contribution in [1.82, 2.24) is 5.32 Å². The average Bonchev–Trinajstić information content (AvgIpc) is 2.34. The van der Waals surface area contributed by atoms with Gasteiger partial charge in [0.1, 0.15) is 5.82 Å². The molecule has 1 unspecified atom stereocenters.